The Bertz CT molecular complexity index is 882. The van der Waals surface area contributed by atoms with Crippen molar-refractivity contribution >= 4 is 39.5 Å². The quantitative estimate of drug-likeness (QED) is 0.439. The van der Waals surface area contributed by atoms with Gasteiger partial charge in [-0.1, -0.05) is 0 Å². The zero-order valence-corrected chi connectivity index (χ0v) is 12.3. The molecule has 0 bridgehead atoms. The molecule has 0 amide bonds. The van der Waals surface area contributed by atoms with Crippen LogP contribution < -0.4 is 0 Å². The van der Waals surface area contributed by atoms with Gasteiger partial charge in [-0.2, -0.15) is 0 Å². The van der Waals surface area contributed by atoms with Gasteiger partial charge in [0.1, 0.15) is 11.3 Å². The van der Waals surface area contributed by atoms with E-state index in [-0.39, 0.29) is 11.7 Å². The minimum atomic E-state index is -0.0825. The maximum atomic E-state index is 11.3. The maximum absolute atomic E-state index is 11.3. The number of alkyl halides is 1. The van der Waals surface area contributed by atoms with Crippen LogP contribution in [0.2, 0.25) is 0 Å². The number of nitrogens with zero attached hydrogens (tertiary/aromatic N) is 2. The SMILES string of the molecule is O=C(CCl)c1c[nH]c2ncccc12.c1cnc2[nH]ccc2c1. The molecule has 0 atom stereocenters. The molecule has 110 valence electrons. The Balaban J connectivity index is 0.000000139. The summed E-state index contributed by atoms with van der Waals surface area (Å²) < 4.78 is 0. The maximum Gasteiger partial charge on any atom is 0.179 e. The van der Waals surface area contributed by atoms with Crippen molar-refractivity contribution in [2.24, 2.45) is 0 Å². The van der Waals surface area contributed by atoms with Crippen molar-refractivity contribution in [3.8, 4) is 0 Å². The molecule has 0 aliphatic carbocycles. The Hall–Kier alpha value is -2.66. The molecule has 4 aromatic heterocycles. The summed E-state index contributed by atoms with van der Waals surface area (Å²) in [7, 11) is 0. The summed E-state index contributed by atoms with van der Waals surface area (Å²) in [6, 6.07) is 9.59. The summed E-state index contributed by atoms with van der Waals surface area (Å²) in [5.41, 5.74) is 2.28. The van der Waals surface area contributed by atoms with Crippen molar-refractivity contribution in [2.45, 2.75) is 0 Å². The number of H-pyrrole nitrogens is 2. The number of hydrogen-bond acceptors (Lipinski definition) is 3. The number of hydrogen-bond donors (Lipinski definition) is 2. The Morgan fingerprint density at radius 2 is 1.82 bits per heavy atom. The number of Topliss-reactive ketones (excluding diaryl/α,β-unsaturated/α-hetero) is 1. The first-order valence-electron chi connectivity index (χ1n) is 6.69. The number of halogens is 1. The Morgan fingerprint density at radius 3 is 2.59 bits per heavy atom. The topological polar surface area (TPSA) is 74.4 Å². The van der Waals surface area contributed by atoms with Crippen molar-refractivity contribution in [1.82, 2.24) is 19.9 Å². The number of aromatic amines is 2. The number of aromatic nitrogens is 4. The number of nitrogens with one attached hydrogen (secondary N) is 2. The van der Waals surface area contributed by atoms with E-state index in [1.54, 1.807) is 24.7 Å². The van der Waals surface area contributed by atoms with E-state index < -0.39 is 0 Å². The third kappa shape index (κ3) is 2.84. The van der Waals surface area contributed by atoms with Gasteiger partial charge in [-0.3, -0.25) is 4.79 Å². The first-order valence-corrected chi connectivity index (χ1v) is 7.22. The molecule has 0 radical (unpaired) electrons. The van der Waals surface area contributed by atoms with Gasteiger partial charge in [-0.25, -0.2) is 9.97 Å². The molecule has 0 aliphatic heterocycles. The fraction of sp³-hybridized carbons (Fsp3) is 0.0625. The molecule has 4 rings (SSSR count). The molecule has 0 saturated heterocycles. The lowest BCUT2D eigenvalue weighted by atomic mass is 10.1. The predicted octanol–water partition coefficient (Wildman–Crippen LogP) is 3.55. The summed E-state index contributed by atoms with van der Waals surface area (Å²) in [5.74, 6) is -0.0807. The molecule has 5 nitrogen and oxygen atoms in total. The van der Waals surface area contributed by atoms with Gasteiger partial charge >= 0.3 is 0 Å². The monoisotopic (exact) mass is 312 g/mol. The lowest BCUT2D eigenvalue weighted by molar-refractivity contribution is 0.102. The summed E-state index contributed by atoms with van der Waals surface area (Å²) in [6.07, 6.45) is 6.98. The fourth-order valence-corrected chi connectivity index (χ4v) is 2.29. The minimum Gasteiger partial charge on any atom is -0.346 e. The number of rotatable bonds is 2. The summed E-state index contributed by atoms with van der Waals surface area (Å²) in [6.45, 7) is 0. The molecule has 0 aliphatic rings. The summed E-state index contributed by atoms with van der Waals surface area (Å²) in [4.78, 5) is 25.4. The normalized spacial score (nSPS) is 10.4. The van der Waals surface area contributed by atoms with E-state index in [0.717, 1.165) is 22.1 Å². The van der Waals surface area contributed by atoms with E-state index in [0.29, 0.717) is 5.56 Å². The largest absolute Gasteiger partial charge is 0.346 e. The van der Waals surface area contributed by atoms with E-state index in [4.69, 9.17) is 11.6 Å². The number of ketones is 1. The summed E-state index contributed by atoms with van der Waals surface area (Å²) >= 11 is 5.46. The van der Waals surface area contributed by atoms with Crippen LogP contribution in [0, 0.1) is 0 Å². The first-order chi connectivity index (χ1) is 10.8. The van der Waals surface area contributed by atoms with Crippen molar-refractivity contribution in [3.63, 3.8) is 0 Å². The van der Waals surface area contributed by atoms with Crippen LogP contribution in [0.4, 0.5) is 0 Å². The predicted molar refractivity (Wildman–Crippen MR) is 87.2 cm³/mol. The standard InChI is InChI=1S/C9H7ClN2O.C7H6N2/c10-4-8(13)7-5-12-9-6(7)2-1-3-11-9;1-2-6-3-5-9-7(6)8-4-1/h1-3,5H,4H2,(H,11,12);1-5H,(H,8,9). The third-order valence-electron chi connectivity index (χ3n) is 3.19. The molecule has 4 aromatic rings. The van der Waals surface area contributed by atoms with Crippen molar-refractivity contribution in [1.29, 1.82) is 0 Å². The molecule has 0 fully saturated rings. The van der Waals surface area contributed by atoms with Crippen LogP contribution in [0.25, 0.3) is 22.1 Å². The van der Waals surface area contributed by atoms with Gasteiger partial charge in [-0.15, -0.1) is 11.6 Å². The molecule has 0 aromatic carbocycles. The Labute approximate surface area is 131 Å². The second-order valence-electron chi connectivity index (χ2n) is 4.58. The number of carbonyl (C=O) groups is 1. The van der Waals surface area contributed by atoms with Crippen LogP contribution in [0.5, 0.6) is 0 Å². The van der Waals surface area contributed by atoms with E-state index in [1.807, 2.05) is 30.5 Å². The summed E-state index contributed by atoms with van der Waals surface area (Å²) in [5, 5.41) is 1.99. The Kier molecular flexibility index (Phi) is 4.16. The average molecular weight is 313 g/mol. The van der Waals surface area contributed by atoms with Crippen LogP contribution in [-0.2, 0) is 0 Å². The highest BCUT2D eigenvalue weighted by Crippen LogP contribution is 2.16. The molecule has 4 heterocycles. The van der Waals surface area contributed by atoms with Gasteiger partial charge in [0.15, 0.2) is 5.78 Å². The molecule has 22 heavy (non-hydrogen) atoms. The van der Waals surface area contributed by atoms with Crippen LogP contribution in [-0.4, -0.2) is 31.6 Å². The molecule has 0 saturated carbocycles. The van der Waals surface area contributed by atoms with E-state index in [9.17, 15) is 4.79 Å². The van der Waals surface area contributed by atoms with Gasteiger partial charge in [0.25, 0.3) is 0 Å². The van der Waals surface area contributed by atoms with E-state index in [1.165, 1.54) is 0 Å². The van der Waals surface area contributed by atoms with Crippen LogP contribution >= 0.6 is 11.6 Å². The lowest BCUT2D eigenvalue weighted by Crippen LogP contribution is -1.98. The van der Waals surface area contributed by atoms with Gasteiger partial charge in [0, 0.05) is 41.1 Å². The highest BCUT2D eigenvalue weighted by molar-refractivity contribution is 6.31. The third-order valence-corrected chi connectivity index (χ3v) is 3.44. The highest BCUT2D eigenvalue weighted by atomic mass is 35.5. The zero-order chi connectivity index (χ0) is 15.4. The molecular formula is C16H13ClN4O. The average Bonchev–Trinajstić information content (AvgIpc) is 3.21. The molecular weight excluding hydrogens is 300 g/mol. The highest BCUT2D eigenvalue weighted by Gasteiger charge is 2.10. The first kappa shape index (κ1) is 14.3. The zero-order valence-electron chi connectivity index (χ0n) is 11.6. The number of fused-ring (bicyclic) bond motifs is 2. The second kappa shape index (κ2) is 6.41. The lowest BCUT2D eigenvalue weighted by Gasteiger charge is -1.92. The van der Waals surface area contributed by atoms with Crippen molar-refractivity contribution in [2.75, 3.05) is 5.88 Å². The van der Waals surface area contributed by atoms with Gasteiger partial charge in [-0.05, 0) is 30.3 Å². The van der Waals surface area contributed by atoms with Crippen LogP contribution in [0.3, 0.4) is 0 Å². The minimum absolute atomic E-state index is 0.00183. The van der Waals surface area contributed by atoms with Gasteiger partial charge in [0.2, 0.25) is 0 Å². The van der Waals surface area contributed by atoms with Crippen LogP contribution in [0.15, 0.2) is 55.1 Å². The van der Waals surface area contributed by atoms with E-state index in [2.05, 4.69) is 19.9 Å². The fourth-order valence-electron chi connectivity index (χ4n) is 2.14. The van der Waals surface area contributed by atoms with Gasteiger partial charge in [0.05, 0.1) is 5.88 Å². The number of pyridine rings is 2. The smallest absolute Gasteiger partial charge is 0.179 e. The molecule has 6 heteroatoms. The van der Waals surface area contributed by atoms with Gasteiger partial charge < -0.3 is 9.97 Å². The molecule has 0 spiro atoms. The number of carbonyl (C=O) groups excluding carboxylic acids is 1. The second-order valence-corrected chi connectivity index (χ2v) is 4.84. The van der Waals surface area contributed by atoms with Crippen molar-refractivity contribution in [3.05, 3.63) is 60.7 Å². The Morgan fingerprint density at radius 1 is 1.05 bits per heavy atom. The van der Waals surface area contributed by atoms with Crippen molar-refractivity contribution < 1.29 is 4.79 Å². The van der Waals surface area contributed by atoms with Crippen LogP contribution in [0.1, 0.15) is 10.4 Å². The van der Waals surface area contributed by atoms with E-state index >= 15 is 0 Å². The molecule has 2 N–H and O–H groups in total. The molecule has 0 unspecified atom stereocenters.